The van der Waals surface area contributed by atoms with Crippen molar-refractivity contribution in [3.05, 3.63) is 51.0 Å². The second kappa shape index (κ2) is 9.90. The standard InChI is InChI=1S/C22H25BrClNO5/c1-28-18-8-7-13(24)10-15(18)21(25-9-5-4-6-17(25)22(26)27)14-11-19(29-2)20(30-3)12-16(14)23/h7-8,10-12,17,21H,4-6,9H2,1-3H3,(H,26,27). The first-order valence-electron chi connectivity index (χ1n) is 9.64. The molecule has 1 heterocycles. The van der Waals surface area contributed by atoms with Gasteiger partial charge in [0.25, 0.3) is 0 Å². The van der Waals surface area contributed by atoms with Crippen molar-refractivity contribution in [2.75, 3.05) is 27.9 Å². The van der Waals surface area contributed by atoms with Crippen LogP contribution >= 0.6 is 27.5 Å². The minimum atomic E-state index is -0.836. The summed E-state index contributed by atoms with van der Waals surface area (Å²) < 4.78 is 17.3. The maximum Gasteiger partial charge on any atom is 0.320 e. The molecule has 0 amide bonds. The molecule has 1 aliphatic rings. The Balaban J connectivity index is 2.26. The molecule has 2 atom stereocenters. The fourth-order valence-corrected chi connectivity index (χ4v) is 4.77. The summed E-state index contributed by atoms with van der Waals surface area (Å²) in [6, 6.07) is 8.08. The van der Waals surface area contributed by atoms with Gasteiger partial charge in [-0.15, -0.1) is 0 Å². The Morgan fingerprint density at radius 2 is 1.73 bits per heavy atom. The molecule has 6 nitrogen and oxygen atoms in total. The van der Waals surface area contributed by atoms with Crippen LogP contribution in [0.1, 0.15) is 36.4 Å². The van der Waals surface area contributed by atoms with Crippen molar-refractivity contribution in [2.45, 2.75) is 31.3 Å². The van der Waals surface area contributed by atoms with Crippen LogP contribution in [0.25, 0.3) is 0 Å². The maximum absolute atomic E-state index is 12.1. The van der Waals surface area contributed by atoms with E-state index in [4.69, 9.17) is 25.8 Å². The highest BCUT2D eigenvalue weighted by molar-refractivity contribution is 9.10. The monoisotopic (exact) mass is 497 g/mol. The van der Waals surface area contributed by atoms with E-state index in [9.17, 15) is 9.90 Å². The fraction of sp³-hybridized carbons (Fsp3) is 0.409. The Labute approximate surface area is 189 Å². The van der Waals surface area contributed by atoms with Crippen LogP contribution in [0.5, 0.6) is 17.2 Å². The molecule has 0 aliphatic carbocycles. The Morgan fingerprint density at radius 3 is 2.37 bits per heavy atom. The number of nitrogens with zero attached hydrogens (tertiary/aromatic N) is 1. The number of carboxylic acid groups (broad SMARTS) is 1. The average Bonchev–Trinajstić information content (AvgIpc) is 2.75. The second-order valence-electron chi connectivity index (χ2n) is 7.11. The Morgan fingerprint density at radius 1 is 1.07 bits per heavy atom. The average molecular weight is 499 g/mol. The van der Waals surface area contributed by atoms with Crippen LogP contribution in [0.4, 0.5) is 0 Å². The number of ether oxygens (including phenoxy) is 3. The predicted molar refractivity (Wildman–Crippen MR) is 119 cm³/mol. The number of hydrogen-bond donors (Lipinski definition) is 1. The van der Waals surface area contributed by atoms with Crippen LogP contribution in [0.3, 0.4) is 0 Å². The van der Waals surface area contributed by atoms with Crippen molar-refractivity contribution in [3.63, 3.8) is 0 Å². The van der Waals surface area contributed by atoms with Gasteiger partial charge >= 0.3 is 5.97 Å². The smallest absolute Gasteiger partial charge is 0.320 e. The molecule has 1 aliphatic heterocycles. The van der Waals surface area contributed by atoms with E-state index in [1.807, 2.05) is 23.1 Å². The molecular formula is C22H25BrClNO5. The van der Waals surface area contributed by atoms with Crippen molar-refractivity contribution >= 4 is 33.5 Å². The lowest BCUT2D eigenvalue weighted by molar-refractivity contribution is -0.145. The Bertz CT molecular complexity index is 923. The summed E-state index contributed by atoms with van der Waals surface area (Å²) in [6.07, 6.45) is 2.37. The van der Waals surface area contributed by atoms with Crippen molar-refractivity contribution in [3.8, 4) is 17.2 Å². The quantitative estimate of drug-likeness (QED) is 0.569. The van der Waals surface area contributed by atoms with Crippen molar-refractivity contribution in [1.29, 1.82) is 0 Å². The topological polar surface area (TPSA) is 68.2 Å². The van der Waals surface area contributed by atoms with Crippen molar-refractivity contribution < 1.29 is 24.1 Å². The summed E-state index contributed by atoms with van der Waals surface area (Å²) in [6.45, 7) is 0.637. The van der Waals surface area contributed by atoms with E-state index >= 15 is 0 Å². The van der Waals surface area contributed by atoms with Crippen LogP contribution < -0.4 is 14.2 Å². The van der Waals surface area contributed by atoms with Gasteiger partial charge < -0.3 is 19.3 Å². The normalized spacial score (nSPS) is 18.0. The maximum atomic E-state index is 12.1. The van der Waals surface area contributed by atoms with Crippen molar-refractivity contribution in [1.82, 2.24) is 4.90 Å². The third-order valence-corrected chi connectivity index (χ3v) is 6.37. The zero-order valence-electron chi connectivity index (χ0n) is 17.2. The molecule has 0 radical (unpaired) electrons. The third-order valence-electron chi connectivity index (χ3n) is 5.44. The molecule has 2 aromatic rings. The number of methoxy groups -OCH3 is 3. The van der Waals surface area contributed by atoms with E-state index < -0.39 is 18.1 Å². The van der Waals surface area contributed by atoms with E-state index in [1.54, 1.807) is 33.5 Å². The number of halogens is 2. The first-order valence-corrected chi connectivity index (χ1v) is 10.8. The highest BCUT2D eigenvalue weighted by Crippen LogP contribution is 2.45. The van der Waals surface area contributed by atoms with E-state index in [2.05, 4.69) is 15.9 Å². The van der Waals surface area contributed by atoms with Crippen molar-refractivity contribution in [2.24, 2.45) is 0 Å². The van der Waals surface area contributed by atoms with Crippen LogP contribution in [0.2, 0.25) is 5.02 Å². The molecule has 8 heteroatoms. The molecule has 2 unspecified atom stereocenters. The highest BCUT2D eigenvalue weighted by Gasteiger charge is 2.37. The Hall–Kier alpha value is -1.96. The van der Waals surface area contributed by atoms with Gasteiger partial charge in [-0.2, -0.15) is 0 Å². The summed E-state index contributed by atoms with van der Waals surface area (Å²) in [5.74, 6) is 0.946. The van der Waals surface area contributed by atoms with Gasteiger partial charge in [-0.25, -0.2) is 0 Å². The molecule has 0 saturated carbocycles. The van der Waals surface area contributed by atoms with Gasteiger partial charge in [-0.05, 0) is 55.3 Å². The molecular weight excluding hydrogens is 474 g/mol. The second-order valence-corrected chi connectivity index (χ2v) is 8.40. The largest absolute Gasteiger partial charge is 0.496 e. The molecule has 1 saturated heterocycles. The molecule has 0 spiro atoms. The zero-order valence-corrected chi connectivity index (χ0v) is 19.5. The van der Waals surface area contributed by atoms with Gasteiger partial charge in [0.05, 0.1) is 27.4 Å². The number of hydrogen-bond acceptors (Lipinski definition) is 5. The van der Waals surface area contributed by atoms with E-state index in [0.29, 0.717) is 35.2 Å². The number of carboxylic acids is 1. The first-order chi connectivity index (χ1) is 14.4. The van der Waals surface area contributed by atoms with Gasteiger partial charge in [0.1, 0.15) is 11.8 Å². The van der Waals surface area contributed by atoms with Crippen LogP contribution in [0, 0.1) is 0 Å². The summed E-state index contributed by atoms with van der Waals surface area (Å²) in [5, 5.41) is 10.5. The van der Waals surface area contributed by atoms with Crippen LogP contribution in [-0.2, 0) is 4.79 Å². The van der Waals surface area contributed by atoms with Gasteiger partial charge in [0, 0.05) is 15.1 Å². The number of aliphatic carboxylic acids is 1. The molecule has 0 bridgehead atoms. The zero-order chi connectivity index (χ0) is 21.8. The highest BCUT2D eigenvalue weighted by atomic mass is 79.9. The molecule has 1 N–H and O–H groups in total. The molecule has 3 rings (SSSR count). The predicted octanol–water partition coefficient (Wildman–Crippen LogP) is 5.16. The minimum absolute atomic E-state index is 0.408. The van der Waals surface area contributed by atoms with E-state index in [1.165, 1.54) is 0 Å². The first kappa shape index (κ1) is 22.7. The van der Waals surface area contributed by atoms with Crippen LogP contribution in [-0.4, -0.2) is 49.9 Å². The number of rotatable bonds is 7. The van der Waals surface area contributed by atoms with E-state index in [0.717, 1.165) is 28.4 Å². The lowest BCUT2D eigenvalue weighted by Gasteiger charge is -2.40. The SMILES string of the molecule is COc1cc(Br)c(C(c2cc(Cl)ccc2OC)N2CCCCC2C(=O)O)cc1OC. The molecule has 30 heavy (non-hydrogen) atoms. The van der Waals surface area contributed by atoms with Gasteiger partial charge in [-0.1, -0.05) is 34.0 Å². The van der Waals surface area contributed by atoms with Gasteiger partial charge in [0.15, 0.2) is 11.5 Å². The Kier molecular flexibility index (Phi) is 7.50. The number of benzene rings is 2. The molecule has 1 fully saturated rings. The van der Waals surface area contributed by atoms with Gasteiger partial charge in [0.2, 0.25) is 0 Å². The summed E-state index contributed by atoms with van der Waals surface area (Å²) in [7, 11) is 4.75. The van der Waals surface area contributed by atoms with Gasteiger partial charge in [-0.3, -0.25) is 9.69 Å². The lowest BCUT2D eigenvalue weighted by Crippen LogP contribution is -2.47. The molecule has 162 valence electrons. The summed E-state index contributed by atoms with van der Waals surface area (Å²) in [5.41, 5.74) is 1.65. The lowest BCUT2D eigenvalue weighted by atomic mass is 9.91. The minimum Gasteiger partial charge on any atom is -0.496 e. The summed E-state index contributed by atoms with van der Waals surface area (Å²) >= 11 is 10.00. The van der Waals surface area contributed by atoms with Crippen LogP contribution in [0.15, 0.2) is 34.8 Å². The number of carbonyl (C=O) groups is 1. The van der Waals surface area contributed by atoms with E-state index in [-0.39, 0.29) is 0 Å². The molecule has 0 aromatic heterocycles. The summed E-state index contributed by atoms with van der Waals surface area (Å²) in [4.78, 5) is 14.1. The number of piperidine rings is 1. The number of likely N-dealkylation sites (tertiary alicyclic amines) is 1. The fourth-order valence-electron chi connectivity index (χ4n) is 4.05. The molecule has 2 aromatic carbocycles. The third kappa shape index (κ3) is 4.53.